The SMILES string of the molecule is O=C1CC[C@@H]2[C@@H](CCN2S(=O)(=O)C2CC2)N1CC1CC1. The summed E-state index contributed by atoms with van der Waals surface area (Å²) in [5, 5.41) is -0.129. The largest absolute Gasteiger partial charge is 0.338 e. The van der Waals surface area contributed by atoms with Crippen LogP contribution in [0.25, 0.3) is 0 Å². The number of hydrogen-bond acceptors (Lipinski definition) is 3. The fraction of sp³-hybridized carbons (Fsp3) is 0.929. The Hall–Kier alpha value is -0.620. The summed E-state index contributed by atoms with van der Waals surface area (Å²) in [4.78, 5) is 14.2. The molecule has 0 aromatic carbocycles. The molecule has 5 nitrogen and oxygen atoms in total. The van der Waals surface area contributed by atoms with Gasteiger partial charge in [-0.25, -0.2) is 8.42 Å². The summed E-state index contributed by atoms with van der Waals surface area (Å²) in [6.45, 7) is 1.47. The summed E-state index contributed by atoms with van der Waals surface area (Å²) >= 11 is 0. The van der Waals surface area contributed by atoms with E-state index in [4.69, 9.17) is 0 Å². The molecule has 4 rings (SSSR count). The molecule has 2 saturated carbocycles. The molecule has 0 aromatic heterocycles. The molecule has 6 heteroatoms. The van der Waals surface area contributed by atoms with Gasteiger partial charge in [-0.1, -0.05) is 0 Å². The van der Waals surface area contributed by atoms with E-state index in [2.05, 4.69) is 0 Å². The number of sulfonamides is 1. The van der Waals surface area contributed by atoms with E-state index >= 15 is 0 Å². The molecule has 0 radical (unpaired) electrons. The van der Waals surface area contributed by atoms with Gasteiger partial charge in [0, 0.05) is 31.6 Å². The molecule has 2 aliphatic heterocycles. The monoisotopic (exact) mass is 298 g/mol. The van der Waals surface area contributed by atoms with Crippen LogP contribution in [0.5, 0.6) is 0 Å². The van der Waals surface area contributed by atoms with Crippen LogP contribution < -0.4 is 0 Å². The van der Waals surface area contributed by atoms with Crippen LogP contribution in [0.1, 0.15) is 44.9 Å². The summed E-state index contributed by atoms with van der Waals surface area (Å²) in [6.07, 6.45) is 6.16. The van der Waals surface area contributed by atoms with Gasteiger partial charge in [-0.05, 0) is 44.4 Å². The predicted octanol–water partition coefficient (Wildman–Crippen LogP) is 0.954. The van der Waals surface area contributed by atoms with E-state index in [0.717, 1.165) is 32.2 Å². The highest BCUT2D eigenvalue weighted by molar-refractivity contribution is 7.90. The summed E-state index contributed by atoms with van der Waals surface area (Å²) in [5.74, 6) is 0.913. The van der Waals surface area contributed by atoms with E-state index in [0.29, 0.717) is 18.9 Å². The first kappa shape index (κ1) is 13.1. The van der Waals surface area contributed by atoms with Gasteiger partial charge in [0.2, 0.25) is 15.9 Å². The second-order valence-corrected chi connectivity index (χ2v) is 8.97. The molecule has 20 heavy (non-hydrogen) atoms. The average molecular weight is 298 g/mol. The quantitative estimate of drug-likeness (QED) is 0.776. The van der Waals surface area contributed by atoms with Crippen LogP contribution in [0.3, 0.4) is 0 Å². The lowest BCUT2D eigenvalue weighted by molar-refractivity contribution is -0.137. The lowest BCUT2D eigenvalue weighted by atomic mass is 9.96. The van der Waals surface area contributed by atoms with Gasteiger partial charge >= 0.3 is 0 Å². The number of carbonyl (C=O) groups is 1. The third-order valence-corrected chi connectivity index (χ3v) is 7.68. The second-order valence-electron chi connectivity index (χ2n) is 6.81. The Balaban J connectivity index is 1.55. The van der Waals surface area contributed by atoms with Crippen molar-refractivity contribution in [2.24, 2.45) is 5.92 Å². The third kappa shape index (κ3) is 2.08. The van der Waals surface area contributed by atoms with E-state index in [9.17, 15) is 13.2 Å². The van der Waals surface area contributed by atoms with Gasteiger partial charge in [-0.2, -0.15) is 4.31 Å². The molecule has 4 fully saturated rings. The van der Waals surface area contributed by atoms with Crippen molar-refractivity contribution >= 4 is 15.9 Å². The van der Waals surface area contributed by atoms with Crippen LogP contribution >= 0.6 is 0 Å². The number of likely N-dealkylation sites (tertiary alicyclic amines) is 1. The smallest absolute Gasteiger partial charge is 0.222 e. The van der Waals surface area contributed by atoms with Crippen molar-refractivity contribution in [3.8, 4) is 0 Å². The molecule has 0 unspecified atom stereocenters. The molecule has 2 aliphatic carbocycles. The zero-order valence-corrected chi connectivity index (χ0v) is 12.5. The molecule has 2 heterocycles. The second kappa shape index (κ2) is 4.44. The Labute approximate surface area is 120 Å². The molecule has 2 saturated heterocycles. The molecule has 0 spiro atoms. The Morgan fingerprint density at radius 3 is 2.40 bits per heavy atom. The zero-order chi connectivity index (χ0) is 13.9. The van der Waals surface area contributed by atoms with Gasteiger partial charge in [0.05, 0.1) is 5.25 Å². The Bertz CT molecular complexity index is 525. The van der Waals surface area contributed by atoms with Gasteiger partial charge in [-0.3, -0.25) is 4.79 Å². The highest BCUT2D eigenvalue weighted by Gasteiger charge is 2.51. The first-order valence-electron chi connectivity index (χ1n) is 7.87. The third-order valence-electron chi connectivity index (χ3n) is 5.26. The summed E-state index contributed by atoms with van der Waals surface area (Å²) in [7, 11) is -3.09. The molecule has 112 valence electrons. The Morgan fingerprint density at radius 2 is 1.75 bits per heavy atom. The molecular formula is C14H22N2O3S. The Morgan fingerprint density at radius 1 is 1.00 bits per heavy atom. The van der Waals surface area contributed by atoms with E-state index < -0.39 is 10.0 Å². The van der Waals surface area contributed by atoms with Crippen molar-refractivity contribution in [2.75, 3.05) is 13.1 Å². The first-order chi connectivity index (χ1) is 9.57. The van der Waals surface area contributed by atoms with Gasteiger partial charge in [0.25, 0.3) is 0 Å². The van der Waals surface area contributed by atoms with E-state index in [1.165, 1.54) is 12.8 Å². The van der Waals surface area contributed by atoms with Gasteiger partial charge < -0.3 is 4.90 Å². The number of rotatable bonds is 4. The molecule has 4 aliphatic rings. The van der Waals surface area contributed by atoms with Crippen molar-refractivity contribution in [1.82, 2.24) is 9.21 Å². The van der Waals surface area contributed by atoms with Crippen LogP contribution in [-0.4, -0.2) is 54.0 Å². The van der Waals surface area contributed by atoms with Crippen molar-refractivity contribution < 1.29 is 13.2 Å². The average Bonchev–Trinajstić information content (AvgIpc) is 3.30. The van der Waals surface area contributed by atoms with Crippen molar-refractivity contribution in [3.05, 3.63) is 0 Å². The standard InChI is InChI=1S/C14H22N2O3S/c17-14-6-5-13-12(15(14)9-10-1-2-10)7-8-16(13)20(18,19)11-3-4-11/h10-13H,1-9H2/t12-,13-/m1/s1. The van der Waals surface area contributed by atoms with Crippen molar-refractivity contribution in [3.63, 3.8) is 0 Å². The van der Waals surface area contributed by atoms with Crippen molar-refractivity contribution in [2.45, 2.75) is 62.3 Å². The maximum Gasteiger partial charge on any atom is 0.222 e. The minimum absolute atomic E-state index is 0.0528. The lowest BCUT2D eigenvalue weighted by Gasteiger charge is -2.39. The highest BCUT2D eigenvalue weighted by Crippen LogP contribution is 2.40. The van der Waals surface area contributed by atoms with E-state index in [1.54, 1.807) is 4.31 Å². The fourth-order valence-corrected chi connectivity index (χ4v) is 5.90. The van der Waals surface area contributed by atoms with Crippen molar-refractivity contribution in [1.29, 1.82) is 0 Å². The van der Waals surface area contributed by atoms with Crippen LogP contribution in [0.2, 0.25) is 0 Å². The van der Waals surface area contributed by atoms with Crippen LogP contribution in [0.4, 0.5) is 0 Å². The minimum atomic E-state index is -3.09. The Kier molecular flexibility index (Phi) is 2.90. The minimum Gasteiger partial charge on any atom is -0.338 e. The first-order valence-corrected chi connectivity index (χ1v) is 9.38. The maximum absolute atomic E-state index is 12.5. The normalized spacial score (nSPS) is 35.4. The van der Waals surface area contributed by atoms with Crippen LogP contribution in [0.15, 0.2) is 0 Å². The lowest BCUT2D eigenvalue weighted by Crippen LogP contribution is -2.54. The predicted molar refractivity (Wildman–Crippen MR) is 74.5 cm³/mol. The van der Waals surface area contributed by atoms with Crippen LogP contribution in [0, 0.1) is 5.92 Å². The number of fused-ring (bicyclic) bond motifs is 1. The fourth-order valence-electron chi connectivity index (χ4n) is 3.80. The molecule has 2 atom stereocenters. The van der Waals surface area contributed by atoms with Gasteiger partial charge in [0.1, 0.15) is 0 Å². The number of piperidine rings is 1. The molecule has 0 N–H and O–H groups in total. The topological polar surface area (TPSA) is 57.7 Å². The van der Waals surface area contributed by atoms with E-state index in [1.807, 2.05) is 4.90 Å². The number of carbonyl (C=O) groups excluding carboxylic acids is 1. The molecule has 1 amide bonds. The summed E-state index contributed by atoms with van der Waals surface area (Å²) in [5.41, 5.74) is 0. The van der Waals surface area contributed by atoms with Gasteiger partial charge in [0.15, 0.2) is 0 Å². The zero-order valence-electron chi connectivity index (χ0n) is 11.7. The highest BCUT2D eigenvalue weighted by atomic mass is 32.2. The number of nitrogens with zero attached hydrogens (tertiary/aromatic N) is 2. The number of hydrogen-bond donors (Lipinski definition) is 0. The van der Waals surface area contributed by atoms with Crippen LogP contribution in [-0.2, 0) is 14.8 Å². The summed E-state index contributed by atoms with van der Waals surface area (Å²) in [6, 6.07) is 0.197. The van der Waals surface area contributed by atoms with E-state index in [-0.39, 0.29) is 23.2 Å². The van der Waals surface area contributed by atoms with Gasteiger partial charge in [-0.15, -0.1) is 0 Å². The molecule has 0 aromatic rings. The summed E-state index contributed by atoms with van der Waals surface area (Å²) < 4.78 is 26.7. The number of amides is 1. The molecular weight excluding hydrogens is 276 g/mol. The maximum atomic E-state index is 12.5. The molecule has 0 bridgehead atoms.